The molecule has 158 valence electrons. The van der Waals surface area contributed by atoms with Gasteiger partial charge in [-0.25, -0.2) is 0 Å². The number of hydrogen-bond donors (Lipinski definition) is 1. The van der Waals surface area contributed by atoms with Crippen LogP contribution in [-0.4, -0.2) is 55.9 Å². The minimum Gasteiger partial charge on any atom is -0.357 e. The highest BCUT2D eigenvalue weighted by Gasteiger charge is 2.45. The van der Waals surface area contributed by atoms with Gasteiger partial charge in [0.05, 0.1) is 12.2 Å². The van der Waals surface area contributed by atoms with E-state index < -0.39 is 0 Å². The van der Waals surface area contributed by atoms with Gasteiger partial charge in [-0.05, 0) is 56.4 Å². The van der Waals surface area contributed by atoms with Crippen LogP contribution in [0.25, 0.3) is 11.3 Å². The van der Waals surface area contributed by atoms with Crippen molar-refractivity contribution >= 4 is 17.6 Å². The molecule has 8 nitrogen and oxygen atoms in total. The molecule has 2 aromatic heterocycles. The van der Waals surface area contributed by atoms with Gasteiger partial charge in [0.25, 0.3) is 5.91 Å². The largest absolute Gasteiger partial charge is 0.357 e. The van der Waals surface area contributed by atoms with Gasteiger partial charge in [-0.15, -0.1) is 10.2 Å². The number of hydrogen-bond acceptors (Lipinski definition) is 6. The molecule has 1 saturated carbocycles. The van der Waals surface area contributed by atoms with E-state index >= 15 is 0 Å². The number of allylic oxidation sites excluding steroid dienone is 1. The molecule has 1 N–H and O–H groups in total. The maximum atomic E-state index is 13.0. The molecule has 0 radical (unpaired) electrons. The smallest absolute Gasteiger partial charge is 0.275 e. The maximum Gasteiger partial charge on any atom is 0.275 e. The van der Waals surface area contributed by atoms with E-state index in [9.17, 15) is 9.59 Å². The lowest BCUT2D eigenvalue weighted by Gasteiger charge is -2.28. The third kappa shape index (κ3) is 3.58. The van der Waals surface area contributed by atoms with E-state index in [0.717, 1.165) is 53.8 Å². The van der Waals surface area contributed by atoms with Crippen LogP contribution in [0.2, 0.25) is 0 Å². The molecule has 1 aliphatic carbocycles. The fraction of sp³-hybridized carbons (Fsp3) is 0.348. The summed E-state index contributed by atoms with van der Waals surface area (Å²) in [7, 11) is 0. The fourth-order valence-corrected chi connectivity index (χ4v) is 4.36. The Balaban J connectivity index is 1.29. The quantitative estimate of drug-likeness (QED) is 0.806. The minimum absolute atomic E-state index is 0.00791. The van der Waals surface area contributed by atoms with Crippen molar-refractivity contribution in [2.75, 3.05) is 18.4 Å². The molecule has 8 heteroatoms. The van der Waals surface area contributed by atoms with Crippen LogP contribution in [0.1, 0.15) is 31.2 Å². The molecule has 0 atom stereocenters. The Kier molecular flexibility index (Phi) is 4.77. The molecule has 5 rings (SSSR count). The number of anilines is 1. The Bertz CT molecular complexity index is 1110. The molecule has 1 fully saturated rings. The summed E-state index contributed by atoms with van der Waals surface area (Å²) >= 11 is 0. The van der Waals surface area contributed by atoms with Crippen LogP contribution in [0.3, 0.4) is 0 Å². The van der Waals surface area contributed by atoms with Gasteiger partial charge in [-0.1, -0.05) is 6.58 Å². The van der Waals surface area contributed by atoms with Crippen LogP contribution in [0.5, 0.6) is 0 Å². The summed E-state index contributed by atoms with van der Waals surface area (Å²) in [6, 6.07) is 5.84. The number of nitrogens with zero attached hydrogens (tertiary/aromatic N) is 5. The Morgan fingerprint density at radius 2 is 2.16 bits per heavy atom. The molecule has 0 unspecified atom stereocenters. The summed E-state index contributed by atoms with van der Waals surface area (Å²) < 4.78 is 0. The first-order chi connectivity index (χ1) is 15.0. The number of amides is 2. The summed E-state index contributed by atoms with van der Waals surface area (Å²) in [5.41, 5.74) is 4.95. The first-order valence-electron chi connectivity index (χ1n) is 10.6. The summed E-state index contributed by atoms with van der Waals surface area (Å²) in [6.07, 6.45) is 7.22. The normalized spacial score (nSPS) is 18.5. The van der Waals surface area contributed by atoms with Gasteiger partial charge in [-0.3, -0.25) is 14.6 Å². The topological polar surface area (TPSA) is 91.3 Å². The Morgan fingerprint density at radius 3 is 2.87 bits per heavy atom. The van der Waals surface area contributed by atoms with Crippen LogP contribution >= 0.6 is 0 Å². The van der Waals surface area contributed by atoms with Gasteiger partial charge >= 0.3 is 0 Å². The average Bonchev–Trinajstić information content (AvgIpc) is 3.55. The number of rotatable bonds is 5. The first kappa shape index (κ1) is 19.4. The molecule has 0 bridgehead atoms. The highest BCUT2D eigenvalue weighted by atomic mass is 16.2. The number of aryl methyl sites for hydroxylation is 1. The molecule has 2 aromatic rings. The van der Waals surface area contributed by atoms with Crippen LogP contribution < -0.4 is 5.32 Å². The average molecular weight is 416 g/mol. The number of aromatic nitrogens is 3. The van der Waals surface area contributed by atoms with E-state index in [0.29, 0.717) is 18.1 Å². The van der Waals surface area contributed by atoms with Crippen LogP contribution in [-0.2, 0) is 9.59 Å². The van der Waals surface area contributed by atoms with E-state index in [4.69, 9.17) is 0 Å². The Morgan fingerprint density at radius 1 is 1.32 bits per heavy atom. The zero-order chi connectivity index (χ0) is 21.5. The van der Waals surface area contributed by atoms with Gasteiger partial charge in [0, 0.05) is 41.8 Å². The second-order valence-corrected chi connectivity index (χ2v) is 8.26. The fourth-order valence-electron chi connectivity index (χ4n) is 4.36. The second kappa shape index (κ2) is 7.61. The second-order valence-electron chi connectivity index (χ2n) is 8.26. The Labute approximate surface area is 180 Å². The summed E-state index contributed by atoms with van der Waals surface area (Å²) in [5, 5.41) is 11.2. The van der Waals surface area contributed by atoms with Crippen LogP contribution in [0.15, 0.2) is 54.1 Å². The summed E-state index contributed by atoms with van der Waals surface area (Å²) in [4.78, 5) is 33.6. The number of pyridine rings is 1. The zero-order valence-corrected chi connectivity index (χ0v) is 17.5. The van der Waals surface area contributed by atoms with E-state index in [1.165, 1.54) is 0 Å². The summed E-state index contributed by atoms with van der Waals surface area (Å²) in [6.45, 7) is 6.85. The van der Waals surface area contributed by atoms with E-state index in [1.807, 2.05) is 28.9 Å². The number of carbonyl (C=O) groups excluding carboxylic acids is 2. The van der Waals surface area contributed by atoms with Crippen molar-refractivity contribution in [3.8, 4) is 11.3 Å². The van der Waals surface area contributed by atoms with Gasteiger partial charge < -0.3 is 15.1 Å². The Hall–Kier alpha value is -3.55. The molecular weight excluding hydrogens is 392 g/mol. The predicted octanol–water partition coefficient (Wildman–Crippen LogP) is 2.65. The predicted molar refractivity (Wildman–Crippen MR) is 115 cm³/mol. The highest BCUT2D eigenvalue weighted by molar-refractivity contribution is 6.01. The monoisotopic (exact) mass is 416 g/mol. The molecule has 4 heterocycles. The molecule has 31 heavy (non-hydrogen) atoms. The van der Waals surface area contributed by atoms with Crippen molar-refractivity contribution in [2.24, 2.45) is 0 Å². The van der Waals surface area contributed by atoms with Gasteiger partial charge in [-0.2, -0.15) is 0 Å². The van der Waals surface area contributed by atoms with Crippen LogP contribution in [0, 0.1) is 6.92 Å². The number of carbonyl (C=O) groups is 2. The van der Waals surface area contributed by atoms with E-state index in [1.54, 1.807) is 18.5 Å². The SMILES string of the molecule is C=C1C2=C(C(=O)N1C1CC1)N(CC(=O)Nc1cc(C)c(-c3cccnc3)nn1)CCC2. The summed E-state index contributed by atoms with van der Waals surface area (Å²) in [5.74, 6) is 0.162. The van der Waals surface area contributed by atoms with Crippen molar-refractivity contribution in [3.63, 3.8) is 0 Å². The van der Waals surface area contributed by atoms with Gasteiger partial charge in [0.2, 0.25) is 5.91 Å². The molecule has 3 aliphatic rings. The maximum absolute atomic E-state index is 13.0. The molecule has 2 aliphatic heterocycles. The molecule has 2 amide bonds. The van der Waals surface area contributed by atoms with E-state index in [2.05, 4.69) is 27.1 Å². The lowest BCUT2D eigenvalue weighted by molar-refractivity contribution is -0.126. The lowest BCUT2D eigenvalue weighted by Crippen LogP contribution is -2.39. The van der Waals surface area contributed by atoms with Gasteiger partial charge in [0.1, 0.15) is 5.70 Å². The van der Waals surface area contributed by atoms with Crippen molar-refractivity contribution in [1.29, 1.82) is 0 Å². The highest BCUT2D eigenvalue weighted by Crippen LogP contribution is 2.42. The van der Waals surface area contributed by atoms with Gasteiger partial charge in [0.15, 0.2) is 5.82 Å². The third-order valence-electron chi connectivity index (χ3n) is 5.95. The molecule has 0 spiro atoms. The number of nitrogens with one attached hydrogen (secondary N) is 1. The molecular formula is C23H24N6O2. The minimum atomic E-state index is -0.222. The van der Waals surface area contributed by atoms with Crippen molar-refractivity contribution in [1.82, 2.24) is 25.0 Å². The zero-order valence-electron chi connectivity index (χ0n) is 17.5. The first-order valence-corrected chi connectivity index (χ1v) is 10.6. The van der Waals surface area contributed by atoms with Crippen molar-refractivity contribution in [3.05, 3.63) is 59.7 Å². The van der Waals surface area contributed by atoms with Crippen molar-refractivity contribution in [2.45, 2.75) is 38.6 Å². The third-order valence-corrected chi connectivity index (χ3v) is 5.95. The molecule has 0 saturated heterocycles. The van der Waals surface area contributed by atoms with E-state index in [-0.39, 0.29) is 24.4 Å². The molecule has 0 aromatic carbocycles. The van der Waals surface area contributed by atoms with Crippen molar-refractivity contribution < 1.29 is 9.59 Å². The van der Waals surface area contributed by atoms with Crippen LogP contribution in [0.4, 0.5) is 5.82 Å². The standard InChI is InChI=1S/C23H24N6O2/c1-14-11-19(26-27-21(14)16-5-3-9-24-12-16)25-20(30)13-28-10-4-6-18-15(2)29(17-7-8-17)23(31)22(18)28/h3,5,9,11-12,17H,2,4,6-8,10,13H2,1H3,(H,25,26,30). The lowest BCUT2D eigenvalue weighted by atomic mass is 10.0.